The quantitative estimate of drug-likeness (QED) is 0.908. The molecule has 1 fully saturated rings. The number of hydrogen-bond acceptors (Lipinski definition) is 6. The van der Waals surface area contributed by atoms with Crippen molar-refractivity contribution in [2.24, 2.45) is 0 Å². The molecule has 0 amide bonds. The monoisotopic (exact) mass is 307 g/mol. The van der Waals surface area contributed by atoms with E-state index in [2.05, 4.69) is 30.2 Å². The minimum atomic E-state index is 0.232. The van der Waals surface area contributed by atoms with Gasteiger partial charge >= 0.3 is 0 Å². The number of anilines is 2. The molecule has 21 heavy (non-hydrogen) atoms. The lowest BCUT2D eigenvalue weighted by atomic mass is 10.1. The fourth-order valence-electron chi connectivity index (χ4n) is 2.37. The molecule has 0 aliphatic carbocycles. The van der Waals surface area contributed by atoms with Crippen LogP contribution in [0.2, 0.25) is 5.28 Å². The number of rotatable bonds is 5. The Morgan fingerprint density at radius 3 is 2.76 bits per heavy atom. The number of piperidine rings is 1. The van der Waals surface area contributed by atoms with E-state index in [1.165, 1.54) is 19.3 Å². The van der Waals surface area contributed by atoms with Gasteiger partial charge in [-0.25, -0.2) is 4.98 Å². The lowest BCUT2D eigenvalue weighted by molar-refractivity contribution is 0.567. The van der Waals surface area contributed by atoms with Gasteiger partial charge in [0, 0.05) is 38.6 Å². The molecule has 3 heterocycles. The number of nitrogens with one attached hydrogen (secondary N) is 1. The van der Waals surface area contributed by atoms with Gasteiger partial charge < -0.3 is 14.8 Å². The molecule has 0 bridgehead atoms. The summed E-state index contributed by atoms with van der Waals surface area (Å²) >= 11 is 6.00. The van der Waals surface area contributed by atoms with Gasteiger partial charge in [0.2, 0.25) is 17.2 Å². The highest BCUT2D eigenvalue weighted by Gasteiger charge is 2.15. The Hall–Kier alpha value is -1.89. The van der Waals surface area contributed by atoms with Crippen LogP contribution < -0.4 is 10.2 Å². The van der Waals surface area contributed by atoms with E-state index in [1.54, 1.807) is 12.5 Å². The highest BCUT2D eigenvalue weighted by Crippen LogP contribution is 2.18. The van der Waals surface area contributed by atoms with Crippen LogP contribution in [0.4, 0.5) is 11.9 Å². The summed E-state index contributed by atoms with van der Waals surface area (Å²) in [6, 6.07) is 0. The van der Waals surface area contributed by atoms with Crippen molar-refractivity contribution in [1.29, 1.82) is 0 Å². The van der Waals surface area contributed by atoms with E-state index in [1.807, 2.05) is 10.8 Å². The molecule has 1 saturated heterocycles. The summed E-state index contributed by atoms with van der Waals surface area (Å²) in [6.45, 7) is 3.46. The van der Waals surface area contributed by atoms with Gasteiger partial charge in [-0.3, -0.25) is 0 Å². The molecule has 0 atom stereocenters. The van der Waals surface area contributed by atoms with Crippen LogP contribution in [0.1, 0.15) is 19.3 Å². The molecule has 0 unspecified atom stereocenters. The minimum absolute atomic E-state index is 0.232. The Bertz CT molecular complexity index is 566. The molecule has 112 valence electrons. The van der Waals surface area contributed by atoms with E-state index in [-0.39, 0.29) is 5.28 Å². The van der Waals surface area contributed by atoms with Crippen LogP contribution in [0.25, 0.3) is 0 Å². The summed E-state index contributed by atoms with van der Waals surface area (Å²) in [6.07, 6.45) is 9.07. The molecule has 1 aliphatic rings. The van der Waals surface area contributed by atoms with Crippen LogP contribution in [0.5, 0.6) is 0 Å². The topological polar surface area (TPSA) is 71.8 Å². The van der Waals surface area contributed by atoms with E-state index >= 15 is 0 Å². The zero-order chi connectivity index (χ0) is 14.5. The highest BCUT2D eigenvalue weighted by molar-refractivity contribution is 6.28. The average molecular weight is 308 g/mol. The predicted octanol–water partition coefficient (Wildman–Crippen LogP) is 1.82. The van der Waals surface area contributed by atoms with Crippen molar-refractivity contribution >= 4 is 23.5 Å². The Labute approximate surface area is 128 Å². The van der Waals surface area contributed by atoms with E-state index in [0.29, 0.717) is 18.4 Å². The van der Waals surface area contributed by atoms with Crippen molar-refractivity contribution in [3.63, 3.8) is 0 Å². The first-order chi connectivity index (χ1) is 10.3. The number of aromatic nitrogens is 5. The number of halogens is 1. The summed E-state index contributed by atoms with van der Waals surface area (Å²) in [5.74, 6) is 1.19. The van der Waals surface area contributed by atoms with Crippen molar-refractivity contribution in [1.82, 2.24) is 24.5 Å². The summed E-state index contributed by atoms with van der Waals surface area (Å²) in [7, 11) is 0. The summed E-state index contributed by atoms with van der Waals surface area (Å²) in [5, 5.41) is 3.41. The molecule has 8 heteroatoms. The van der Waals surface area contributed by atoms with E-state index in [0.717, 1.165) is 19.6 Å². The van der Waals surface area contributed by atoms with E-state index < -0.39 is 0 Å². The molecule has 0 saturated carbocycles. The minimum Gasteiger partial charge on any atom is -0.352 e. The molecule has 2 aromatic heterocycles. The lowest BCUT2D eigenvalue weighted by Crippen LogP contribution is -2.31. The third-order valence-electron chi connectivity index (χ3n) is 3.45. The summed E-state index contributed by atoms with van der Waals surface area (Å²) in [4.78, 5) is 19.0. The zero-order valence-corrected chi connectivity index (χ0v) is 12.5. The standard InChI is InChI=1S/C13H18ClN7/c14-11-17-12(16-5-9-20-8-4-15-10-20)19-13(18-11)21-6-2-1-3-7-21/h4,8,10H,1-3,5-7,9H2,(H,16,17,18,19). The second-order valence-electron chi connectivity index (χ2n) is 5.00. The normalized spacial score (nSPS) is 15.2. The van der Waals surface area contributed by atoms with Gasteiger partial charge in [-0.1, -0.05) is 0 Å². The molecular weight excluding hydrogens is 290 g/mol. The Kier molecular flexibility index (Phi) is 4.49. The highest BCUT2D eigenvalue weighted by atomic mass is 35.5. The molecule has 1 aliphatic heterocycles. The summed E-state index contributed by atoms with van der Waals surface area (Å²) < 4.78 is 1.99. The number of imidazole rings is 1. The fraction of sp³-hybridized carbons (Fsp3) is 0.538. The Morgan fingerprint density at radius 1 is 1.14 bits per heavy atom. The van der Waals surface area contributed by atoms with Gasteiger partial charge in [0.15, 0.2) is 0 Å². The molecule has 0 spiro atoms. The van der Waals surface area contributed by atoms with Gasteiger partial charge in [-0.2, -0.15) is 15.0 Å². The SMILES string of the molecule is Clc1nc(NCCn2ccnc2)nc(N2CCCCC2)n1. The van der Waals surface area contributed by atoms with Gasteiger partial charge in [0.1, 0.15) is 0 Å². The Morgan fingerprint density at radius 2 is 2.00 bits per heavy atom. The van der Waals surface area contributed by atoms with Crippen LogP contribution in [-0.4, -0.2) is 44.1 Å². The second-order valence-corrected chi connectivity index (χ2v) is 5.34. The third-order valence-corrected chi connectivity index (χ3v) is 3.62. The molecule has 0 radical (unpaired) electrons. The predicted molar refractivity (Wildman–Crippen MR) is 81.6 cm³/mol. The van der Waals surface area contributed by atoms with Gasteiger partial charge in [-0.05, 0) is 30.9 Å². The molecule has 7 nitrogen and oxygen atoms in total. The van der Waals surface area contributed by atoms with Crippen molar-refractivity contribution in [3.05, 3.63) is 24.0 Å². The first kappa shape index (κ1) is 14.1. The van der Waals surface area contributed by atoms with Crippen LogP contribution in [0.15, 0.2) is 18.7 Å². The van der Waals surface area contributed by atoms with Gasteiger partial charge in [0.25, 0.3) is 0 Å². The maximum atomic E-state index is 6.00. The lowest BCUT2D eigenvalue weighted by Gasteiger charge is -2.26. The van der Waals surface area contributed by atoms with Crippen LogP contribution in [-0.2, 0) is 6.54 Å². The molecule has 0 aromatic carbocycles. The first-order valence-electron chi connectivity index (χ1n) is 7.17. The smallest absolute Gasteiger partial charge is 0.231 e. The van der Waals surface area contributed by atoms with Crippen LogP contribution in [0.3, 0.4) is 0 Å². The zero-order valence-electron chi connectivity index (χ0n) is 11.7. The molecular formula is C13H18ClN7. The maximum Gasteiger partial charge on any atom is 0.231 e. The maximum absolute atomic E-state index is 6.00. The van der Waals surface area contributed by atoms with Crippen molar-refractivity contribution in [2.45, 2.75) is 25.8 Å². The third kappa shape index (κ3) is 3.81. The molecule has 2 aromatic rings. The second kappa shape index (κ2) is 6.71. The van der Waals surface area contributed by atoms with Gasteiger partial charge in [0.05, 0.1) is 6.33 Å². The van der Waals surface area contributed by atoms with E-state index in [4.69, 9.17) is 11.6 Å². The van der Waals surface area contributed by atoms with Gasteiger partial charge in [-0.15, -0.1) is 0 Å². The van der Waals surface area contributed by atoms with Crippen LogP contribution >= 0.6 is 11.6 Å². The van der Waals surface area contributed by atoms with Crippen molar-refractivity contribution < 1.29 is 0 Å². The largest absolute Gasteiger partial charge is 0.352 e. The van der Waals surface area contributed by atoms with E-state index in [9.17, 15) is 0 Å². The Balaban J connectivity index is 1.63. The first-order valence-corrected chi connectivity index (χ1v) is 7.55. The van der Waals surface area contributed by atoms with Crippen molar-refractivity contribution in [3.8, 4) is 0 Å². The number of hydrogen-bond donors (Lipinski definition) is 1. The van der Waals surface area contributed by atoms with Crippen molar-refractivity contribution in [2.75, 3.05) is 29.9 Å². The molecule has 1 N–H and O–H groups in total. The fourth-order valence-corrected chi connectivity index (χ4v) is 2.53. The molecule has 3 rings (SSSR count). The number of nitrogens with zero attached hydrogens (tertiary/aromatic N) is 6. The summed E-state index contributed by atoms with van der Waals surface area (Å²) in [5.41, 5.74) is 0. The average Bonchev–Trinajstić information content (AvgIpc) is 3.01. The van der Waals surface area contributed by atoms with Crippen LogP contribution in [0, 0.1) is 0 Å².